The Morgan fingerprint density at radius 2 is 1.82 bits per heavy atom. The van der Waals surface area contributed by atoms with Gasteiger partial charge in [0.05, 0.1) is 37.0 Å². The van der Waals surface area contributed by atoms with Crippen LogP contribution in [0.15, 0.2) is 18.2 Å². The van der Waals surface area contributed by atoms with Crippen molar-refractivity contribution in [3.63, 3.8) is 0 Å². The lowest BCUT2D eigenvalue weighted by Gasteiger charge is -2.18. The number of anilines is 1. The van der Waals surface area contributed by atoms with E-state index in [0.717, 1.165) is 12.1 Å². The molecule has 1 aromatic carbocycles. The lowest BCUT2D eigenvalue weighted by Crippen LogP contribution is -2.34. The Labute approximate surface area is 221 Å². The van der Waals surface area contributed by atoms with Crippen molar-refractivity contribution < 1.29 is 42.3 Å². The number of imidazole rings is 1. The second kappa shape index (κ2) is 11.5. The molecule has 5 rings (SSSR count). The first-order chi connectivity index (χ1) is 18.4. The van der Waals surface area contributed by atoms with Gasteiger partial charge in [-0.2, -0.15) is 4.98 Å². The molecule has 2 aromatic heterocycles. The van der Waals surface area contributed by atoms with E-state index in [0.29, 0.717) is 5.52 Å². The highest BCUT2D eigenvalue weighted by molar-refractivity contribution is 6.33. The van der Waals surface area contributed by atoms with Crippen LogP contribution in [0.5, 0.6) is 11.8 Å². The Morgan fingerprint density at radius 3 is 2.53 bits per heavy atom. The van der Waals surface area contributed by atoms with Crippen LogP contribution in [-0.2, 0) is 25.5 Å². The molecule has 2 saturated heterocycles. The Kier molecular flexibility index (Phi) is 8.12. The number of aromatic nitrogens is 3. The van der Waals surface area contributed by atoms with Gasteiger partial charge in [0.25, 0.3) is 6.01 Å². The monoisotopic (exact) mass is 556 g/mol. The van der Waals surface area contributed by atoms with Gasteiger partial charge in [0.15, 0.2) is 11.8 Å². The Morgan fingerprint density at radius 1 is 1.11 bits per heavy atom. The van der Waals surface area contributed by atoms with Crippen LogP contribution in [0.1, 0.15) is 5.56 Å². The summed E-state index contributed by atoms with van der Waals surface area (Å²) in [5.74, 6) is -1.40. The number of nitrogens with one attached hydrogen (secondary N) is 2. The number of H-pyrrole nitrogens is 1. The standard InChI is InChI=1S/C24H27ClF2N4O7/c1-33-7-12(8-34-2)37-11-3-15(26)13(16(27)4-11)6-28-22-14(25)5-17-23(30-22)31-24(29-17)38-19-10-36-20-18(32)9-35-21(19)20/h3-5,12,18-21,32H,6-10H2,1-2H3,(H2,28,29,30,31)/t18-,19-,20?,21?/m1/s1. The zero-order chi connectivity index (χ0) is 26.8. The second-order valence-electron chi connectivity index (χ2n) is 8.92. The van der Waals surface area contributed by atoms with E-state index in [9.17, 15) is 13.9 Å². The lowest BCUT2D eigenvalue weighted by molar-refractivity contribution is 0.00706. The highest BCUT2D eigenvalue weighted by Gasteiger charge is 2.48. The van der Waals surface area contributed by atoms with Crippen LogP contribution < -0.4 is 14.8 Å². The number of nitrogens with zero attached hydrogens (tertiary/aromatic N) is 2. The summed E-state index contributed by atoms with van der Waals surface area (Å²) in [7, 11) is 2.98. The van der Waals surface area contributed by atoms with Gasteiger partial charge in [0.1, 0.15) is 47.6 Å². The molecule has 0 amide bonds. The zero-order valence-corrected chi connectivity index (χ0v) is 21.3. The molecule has 206 valence electrons. The van der Waals surface area contributed by atoms with Gasteiger partial charge < -0.3 is 43.8 Å². The smallest absolute Gasteiger partial charge is 0.296 e. The molecule has 0 radical (unpaired) electrons. The Bertz CT molecular complexity index is 1250. The minimum atomic E-state index is -0.801. The van der Waals surface area contributed by atoms with Crippen molar-refractivity contribution in [2.24, 2.45) is 0 Å². The predicted octanol–water partition coefficient (Wildman–Crippen LogP) is 2.45. The highest BCUT2D eigenvalue weighted by Crippen LogP contribution is 2.31. The van der Waals surface area contributed by atoms with Crippen LogP contribution in [0.25, 0.3) is 11.2 Å². The molecule has 0 spiro atoms. The number of aliphatic hydroxyl groups is 1. The molecule has 11 nitrogen and oxygen atoms in total. The van der Waals surface area contributed by atoms with Gasteiger partial charge in [-0.25, -0.2) is 13.8 Å². The molecule has 4 atom stereocenters. The normalized spacial score (nSPS) is 22.8. The fourth-order valence-corrected chi connectivity index (χ4v) is 4.65. The van der Waals surface area contributed by atoms with Crippen LogP contribution >= 0.6 is 11.6 Å². The van der Waals surface area contributed by atoms with Gasteiger partial charge in [-0.05, 0) is 6.07 Å². The van der Waals surface area contributed by atoms with Crippen molar-refractivity contribution in [1.29, 1.82) is 0 Å². The van der Waals surface area contributed by atoms with E-state index in [1.54, 1.807) is 6.07 Å². The molecule has 14 heteroatoms. The SMILES string of the molecule is COCC(COC)Oc1cc(F)c(CNc2nc3nc(O[C@@H]4COC5C4OC[C@H]5O)[nH]c3cc2Cl)c(F)c1. The number of hydrogen-bond donors (Lipinski definition) is 3. The topological polar surface area (TPSA) is 129 Å². The third kappa shape index (κ3) is 5.63. The van der Waals surface area contributed by atoms with Crippen molar-refractivity contribution in [2.45, 2.75) is 37.1 Å². The molecule has 3 aromatic rings. The first kappa shape index (κ1) is 26.8. The van der Waals surface area contributed by atoms with E-state index in [4.69, 9.17) is 40.0 Å². The Hall–Kier alpha value is -2.81. The van der Waals surface area contributed by atoms with Crippen molar-refractivity contribution in [3.05, 3.63) is 40.4 Å². The molecule has 38 heavy (non-hydrogen) atoms. The average molecular weight is 557 g/mol. The van der Waals surface area contributed by atoms with Gasteiger partial charge in [-0.3, -0.25) is 0 Å². The van der Waals surface area contributed by atoms with Gasteiger partial charge in [0.2, 0.25) is 0 Å². The van der Waals surface area contributed by atoms with Gasteiger partial charge in [0, 0.05) is 38.5 Å². The number of aliphatic hydroxyl groups excluding tert-OH is 1. The maximum Gasteiger partial charge on any atom is 0.296 e. The number of ether oxygens (including phenoxy) is 6. The number of aromatic amines is 1. The molecule has 0 saturated carbocycles. The minimum absolute atomic E-state index is 0.0148. The fourth-order valence-electron chi connectivity index (χ4n) is 4.43. The fraction of sp³-hybridized carbons (Fsp3) is 0.500. The highest BCUT2D eigenvalue weighted by atomic mass is 35.5. The summed E-state index contributed by atoms with van der Waals surface area (Å²) in [5, 5.41) is 13.0. The molecule has 2 aliphatic rings. The van der Waals surface area contributed by atoms with Crippen molar-refractivity contribution in [1.82, 2.24) is 15.0 Å². The van der Waals surface area contributed by atoms with E-state index in [2.05, 4.69) is 20.3 Å². The number of hydrogen-bond acceptors (Lipinski definition) is 10. The quantitative estimate of drug-likeness (QED) is 0.324. The summed E-state index contributed by atoms with van der Waals surface area (Å²) in [4.78, 5) is 11.7. The predicted molar refractivity (Wildman–Crippen MR) is 131 cm³/mol. The molecule has 2 aliphatic heterocycles. The van der Waals surface area contributed by atoms with E-state index >= 15 is 0 Å². The maximum absolute atomic E-state index is 14.8. The minimum Gasteiger partial charge on any atom is -0.485 e. The van der Waals surface area contributed by atoms with Crippen LogP contribution in [0, 0.1) is 11.6 Å². The number of methoxy groups -OCH3 is 2. The lowest BCUT2D eigenvalue weighted by atomic mass is 10.1. The summed E-state index contributed by atoms with van der Waals surface area (Å²) in [6.07, 6.45) is -2.51. The Balaban J connectivity index is 1.26. The molecule has 2 fully saturated rings. The zero-order valence-electron chi connectivity index (χ0n) is 20.6. The summed E-state index contributed by atoms with van der Waals surface area (Å²) in [6.45, 7) is 0.579. The van der Waals surface area contributed by atoms with E-state index in [1.165, 1.54) is 14.2 Å². The van der Waals surface area contributed by atoms with Gasteiger partial charge >= 0.3 is 0 Å². The maximum atomic E-state index is 14.8. The summed E-state index contributed by atoms with van der Waals surface area (Å²) in [6, 6.07) is 3.94. The summed E-state index contributed by atoms with van der Waals surface area (Å²) in [5.41, 5.74) is 0.562. The van der Waals surface area contributed by atoms with E-state index < -0.39 is 42.2 Å². The van der Waals surface area contributed by atoms with Gasteiger partial charge in [-0.1, -0.05) is 11.6 Å². The molecular formula is C24H27ClF2N4O7. The summed E-state index contributed by atoms with van der Waals surface area (Å²) < 4.78 is 62.2. The number of rotatable bonds is 11. The molecule has 2 unspecified atom stereocenters. The molecule has 3 N–H and O–H groups in total. The van der Waals surface area contributed by atoms with Crippen molar-refractivity contribution in [2.75, 3.05) is 46.0 Å². The van der Waals surface area contributed by atoms with Crippen LogP contribution in [-0.4, -0.2) is 91.2 Å². The summed E-state index contributed by atoms with van der Waals surface area (Å²) >= 11 is 6.35. The van der Waals surface area contributed by atoms with Crippen LogP contribution in [0.2, 0.25) is 5.02 Å². The second-order valence-corrected chi connectivity index (χ2v) is 9.33. The van der Waals surface area contributed by atoms with Crippen molar-refractivity contribution in [3.8, 4) is 11.8 Å². The average Bonchev–Trinajstić information content (AvgIpc) is 3.55. The number of halogens is 3. The van der Waals surface area contributed by atoms with E-state index in [-0.39, 0.29) is 66.8 Å². The van der Waals surface area contributed by atoms with Crippen LogP contribution in [0.4, 0.5) is 14.6 Å². The molecule has 0 bridgehead atoms. The van der Waals surface area contributed by atoms with E-state index in [1.807, 2.05) is 0 Å². The number of fused-ring (bicyclic) bond motifs is 2. The molecular weight excluding hydrogens is 530 g/mol. The van der Waals surface area contributed by atoms with Crippen LogP contribution in [0.3, 0.4) is 0 Å². The molecule has 4 heterocycles. The number of pyridine rings is 1. The van der Waals surface area contributed by atoms with Crippen molar-refractivity contribution >= 4 is 28.6 Å². The third-order valence-corrected chi connectivity index (χ3v) is 6.49. The largest absolute Gasteiger partial charge is 0.485 e. The third-order valence-electron chi connectivity index (χ3n) is 6.20. The number of benzene rings is 1. The van der Waals surface area contributed by atoms with Gasteiger partial charge in [-0.15, -0.1) is 0 Å². The molecule has 0 aliphatic carbocycles. The first-order valence-corrected chi connectivity index (χ1v) is 12.2. The first-order valence-electron chi connectivity index (χ1n) is 11.9.